The summed E-state index contributed by atoms with van der Waals surface area (Å²) in [6.07, 6.45) is 11.0. The highest BCUT2D eigenvalue weighted by Crippen LogP contribution is 2.60. The predicted octanol–water partition coefficient (Wildman–Crippen LogP) is 6.22. The zero-order valence-corrected chi connectivity index (χ0v) is 24.6. The van der Waals surface area contributed by atoms with Crippen molar-refractivity contribution in [2.45, 2.75) is 74.4 Å². The van der Waals surface area contributed by atoms with Crippen molar-refractivity contribution >= 4 is 27.3 Å². The molecule has 0 spiro atoms. The zero-order chi connectivity index (χ0) is 28.9. The van der Waals surface area contributed by atoms with Gasteiger partial charge in [-0.05, 0) is 79.4 Å². The first-order chi connectivity index (χ1) is 19.5. The lowest BCUT2D eigenvalue weighted by Crippen LogP contribution is -2.49. The molecule has 2 atom stereocenters. The van der Waals surface area contributed by atoms with Gasteiger partial charge in [0.15, 0.2) is 21.3 Å². The van der Waals surface area contributed by atoms with Crippen LogP contribution in [0.4, 0.5) is 8.78 Å². The molecule has 4 saturated carbocycles. The van der Waals surface area contributed by atoms with Crippen molar-refractivity contribution in [1.82, 2.24) is 0 Å². The standard InChI is InChI=1S/C18H19OS.C13H18F2O5S/c1-2-5-16(6-3-1)17-9-7-15(8-10-17)11-13-18-12-4-14-20(18)19-18;14-13(15,21(17,18)19)11(16)20-7-12-4-8-1-9(5-12)3-10(2-8)6-12/h1-3,5-10H,4,11-14H2;8-10H,1-7H2,(H,17,18,19)/q+1;/p-1. The Morgan fingerprint density at radius 2 is 1.56 bits per heavy atom. The van der Waals surface area contributed by atoms with E-state index in [0.29, 0.717) is 33.9 Å². The second kappa shape index (κ2) is 10.9. The maximum Gasteiger partial charge on any atom is 0.428 e. The summed E-state index contributed by atoms with van der Waals surface area (Å²) >= 11 is 0.327. The molecule has 6 fully saturated rings. The summed E-state index contributed by atoms with van der Waals surface area (Å²) in [7, 11) is -6.04. The van der Waals surface area contributed by atoms with E-state index in [4.69, 9.17) is 4.18 Å². The molecule has 2 aliphatic heterocycles. The quantitative estimate of drug-likeness (QED) is 0.153. The lowest BCUT2D eigenvalue weighted by atomic mass is 9.50. The molecule has 222 valence electrons. The number of aryl methyl sites for hydroxylation is 1. The molecule has 10 heteroatoms. The van der Waals surface area contributed by atoms with Crippen molar-refractivity contribution < 1.29 is 35.5 Å². The van der Waals surface area contributed by atoms with Gasteiger partial charge in [0.1, 0.15) is 5.75 Å². The monoisotopic (exact) mass is 606 g/mol. The number of fused-ring (bicyclic) bond motifs is 1. The van der Waals surface area contributed by atoms with Gasteiger partial charge in [0.2, 0.25) is 0 Å². The molecule has 2 heterocycles. The lowest BCUT2D eigenvalue weighted by Gasteiger charge is -2.56. The Kier molecular flexibility index (Phi) is 7.75. The van der Waals surface area contributed by atoms with Crippen LogP contribution in [0.15, 0.2) is 54.6 Å². The molecule has 0 radical (unpaired) electrons. The van der Waals surface area contributed by atoms with Crippen LogP contribution >= 0.6 is 0 Å². The largest absolute Gasteiger partial charge is 0.743 e. The zero-order valence-electron chi connectivity index (χ0n) is 22.9. The number of alkyl halides is 2. The van der Waals surface area contributed by atoms with Gasteiger partial charge in [-0.2, -0.15) is 8.78 Å². The van der Waals surface area contributed by atoms with Crippen LogP contribution in [0.2, 0.25) is 0 Å². The highest BCUT2D eigenvalue weighted by molar-refractivity contribution is 7.99. The number of halogens is 2. The van der Waals surface area contributed by atoms with Gasteiger partial charge < -0.3 is 9.29 Å². The van der Waals surface area contributed by atoms with Crippen molar-refractivity contribution in [3.8, 4) is 11.1 Å². The van der Waals surface area contributed by atoms with Crippen LogP contribution in [0.1, 0.15) is 63.4 Å². The molecule has 4 aliphatic carbocycles. The maximum absolute atomic E-state index is 13.1. The highest BCUT2D eigenvalue weighted by atomic mass is 32.2. The molecular formula is C31H36F2O6S2. The fourth-order valence-electron chi connectivity index (χ4n) is 8.00. The fraction of sp³-hybridized carbons (Fsp3) is 0.581. The summed E-state index contributed by atoms with van der Waals surface area (Å²) in [6, 6.07) is 19.6. The third-order valence-electron chi connectivity index (χ3n) is 9.61. The minimum Gasteiger partial charge on any atom is -0.743 e. The van der Waals surface area contributed by atoms with E-state index in [-0.39, 0.29) is 12.0 Å². The van der Waals surface area contributed by atoms with Crippen LogP contribution in [-0.4, -0.2) is 41.5 Å². The van der Waals surface area contributed by atoms with Crippen LogP contribution in [0, 0.1) is 23.2 Å². The van der Waals surface area contributed by atoms with Gasteiger partial charge in [-0.3, -0.25) is 0 Å². The van der Waals surface area contributed by atoms with E-state index < -0.39 is 21.3 Å². The van der Waals surface area contributed by atoms with Crippen molar-refractivity contribution in [3.05, 3.63) is 60.2 Å². The Balaban J connectivity index is 0.000000148. The Morgan fingerprint density at radius 1 is 0.976 bits per heavy atom. The Hall–Kier alpha value is -2.01. The highest BCUT2D eigenvalue weighted by Gasteiger charge is 2.73. The molecule has 2 unspecified atom stereocenters. The van der Waals surface area contributed by atoms with Gasteiger partial charge in [0.05, 0.1) is 6.61 Å². The van der Waals surface area contributed by atoms with Crippen LogP contribution in [0.3, 0.4) is 0 Å². The van der Waals surface area contributed by atoms with E-state index >= 15 is 0 Å². The molecule has 2 saturated heterocycles. The van der Waals surface area contributed by atoms with Crippen LogP contribution in [0.25, 0.3) is 11.1 Å². The second-order valence-corrected chi connectivity index (χ2v) is 16.1. The minimum absolute atomic E-state index is 0.208. The molecule has 4 bridgehead atoms. The van der Waals surface area contributed by atoms with E-state index in [1.165, 1.54) is 41.7 Å². The number of ether oxygens (including phenoxy) is 1. The van der Waals surface area contributed by atoms with Gasteiger partial charge in [0.25, 0.3) is 0 Å². The molecule has 2 aromatic rings. The normalized spacial score (nSPS) is 33.0. The summed E-state index contributed by atoms with van der Waals surface area (Å²) in [5.41, 5.74) is 3.73. The first kappa shape index (κ1) is 29.1. The van der Waals surface area contributed by atoms with E-state index in [0.717, 1.165) is 44.9 Å². The van der Waals surface area contributed by atoms with Gasteiger partial charge in [0, 0.05) is 24.7 Å². The average Bonchev–Trinajstić information content (AvgIpc) is 3.48. The van der Waals surface area contributed by atoms with E-state index in [9.17, 15) is 26.5 Å². The summed E-state index contributed by atoms with van der Waals surface area (Å²) in [6.45, 7) is -0.208. The Bertz CT molecular complexity index is 1330. The van der Waals surface area contributed by atoms with Crippen molar-refractivity contribution in [2.24, 2.45) is 23.2 Å². The molecule has 6 nitrogen and oxygen atoms in total. The first-order valence-corrected chi connectivity index (χ1v) is 17.3. The molecule has 0 N–H and O–H groups in total. The third-order valence-corrected chi connectivity index (χ3v) is 12.8. The predicted molar refractivity (Wildman–Crippen MR) is 152 cm³/mol. The van der Waals surface area contributed by atoms with Gasteiger partial charge in [-0.1, -0.05) is 54.6 Å². The summed E-state index contributed by atoms with van der Waals surface area (Å²) in [5.74, 6) is 0.733. The fourth-order valence-corrected chi connectivity index (χ4v) is 10.5. The lowest BCUT2D eigenvalue weighted by molar-refractivity contribution is -0.172. The van der Waals surface area contributed by atoms with Crippen molar-refractivity contribution in [3.63, 3.8) is 0 Å². The molecule has 6 aliphatic rings. The van der Waals surface area contributed by atoms with E-state index in [1.54, 1.807) is 0 Å². The average molecular weight is 607 g/mol. The first-order valence-electron chi connectivity index (χ1n) is 14.5. The second-order valence-electron chi connectivity index (χ2n) is 12.7. The summed E-state index contributed by atoms with van der Waals surface area (Å²) in [4.78, 5) is 11.6. The third kappa shape index (κ3) is 6.08. The topological polar surface area (TPSA) is 96.0 Å². The Labute approximate surface area is 243 Å². The molecule has 0 amide bonds. The number of esters is 1. The number of carbonyl (C=O) groups is 1. The molecule has 41 heavy (non-hydrogen) atoms. The summed E-state index contributed by atoms with van der Waals surface area (Å²) < 4.78 is 67.9. The van der Waals surface area contributed by atoms with Crippen LogP contribution in [-0.2, 0) is 41.4 Å². The molecular weight excluding hydrogens is 570 g/mol. The summed E-state index contributed by atoms with van der Waals surface area (Å²) in [5, 5.41) is -5.00. The van der Waals surface area contributed by atoms with Crippen molar-refractivity contribution in [2.75, 3.05) is 12.4 Å². The van der Waals surface area contributed by atoms with Gasteiger partial charge >= 0.3 is 16.2 Å². The number of hydrogen-bond acceptors (Lipinski definition) is 6. The number of carbonyl (C=O) groups excluding carboxylic acids is 1. The SMILES string of the molecule is O=C(OCC12CC3CC(CC(C3)C1)C2)C(F)(F)S(=O)(=O)[O-].c1ccc(-c2ccc(CCC34CCC[S+]3O4)cc2)cc1. The van der Waals surface area contributed by atoms with Crippen molar-refractivity contribution in [1.29, 1.82) is 0 Å². The van der Waals surface area contributed by atoms with E-state index in [2.05, 4.69) is 59.3 Å². The molecule has 8 rings (SSSR count). The van der Waals surface area contributed by atoms with E-state index in [1.807, 2.05) is 0 Å². The maximum atomic E-state index is 13.1. The molecule has 0 aromatic heterocycles. The van der Waals surface area contributed by atoms with Crippen LogP contribution in [0.5, 0.6) is 0 Å². The molecule has 2 aromatic carbocycles. The smallest absolute Gasteiger partial charge is 0.428 e. The van der Waals surface area contributed by atoms with Crippen LogP contribution < -0.4 is 0 Å². The Morgan fingerprint density at radius 3 is 2.07 bits per heavy atom. The van der Waals surface area contributed by atoms with Gasteiger partial charge in [-0.25, -0.2) is 13.2 Å². The number of hydrogen-bond donors (Lipinski definition) is 0. The number of benzene rings is 2. The van der Waals surface area contributed by atoms with Gasteiger partial charge in [-0.15, -0.1) is 4.18 Å². The number of rotatable bonds is 8. The minimum atomic E-state index is -6.04.